The molecule has 1 heterocycles. The molecule has 2 aromatic rings. The van der Waals surface area contributed by atoms with Crippen LogP contribution >= 0.6 is 0 Å². The molecule has 0 radical (unpaired) electrons. The van der Waals surface area contributed by atoms with Crippen LogP contribution < -0.4 is 10.6 Å². The normalized spacial score (nSPS) is 20.4. The Bertz CT molecular complexity index is 1190. The Morgan fingerprint density at radius 3 is 2.52 bits per heavy atom. The molecule has 0 amide bonds. The molecule has 0 spiro atoms. The number of rotatable bonds is 3. The van der Waals surface area contributed by atoms with Crippen molar-refractivity contribution in [2.45, 2.75) is 32.6 Å². The highest BCUT2D eigenvalue weighted by atomic mass is 16.6. The van der Waals surface area contributed by atoms with Crippen LogP contribution in [0.15, 0.2) is 77.3 Å². The Labute approximate surface area is 180 Å². The third-order valence-electron chi connectivity index (χ3n) is 5.81. The Hall–Kier alpha value is -3.92. The molecule has 4 rings (SSSR count). The van der Waals surface area contributed by atoms with Gasteiger partial charge in [-0.1, -0.05) is 50.2 Å². The van der Waals surface area contributed by atoms with Gasteiger partial charge in [0.25, 0.3) is 5.69 Å². The van der Waals surface area contributed by atoms with Gasteiger partial charge in [0.2, 0.25) is 0 Å². The van der Waals surface area contributed by atoms with Gasteiger partial charge < -0.3 is 5.73 Å². The molecule has 31 heavy (non-hydrogen) atoms. The van der Waals surface area contributed by atoms with Crippen LogP contribution in [-0.2, 0) is 4.79 Å². The van der Waals surface area contributed by atoms with Gasteiger partial charge in [0.1, 0.15) is 5.82 Å². The van der Waals surface area contributed by atoms with Crippen molar-refractivity contribution in [2.75, 3.05) is 4.90 Å². The number of nitriles is 1. The molecule has 7 heteroatoms. The van der Waals surface area contributed by atoms with Gasteiger partial charge in [-0.15, -0.1) is 0 Å². The number of carbonyl (C=O) groups excluding carboxylic acids is 1. The highest BCUT2D eigenvalue weighted by Crippen LogP contribution is 2.50. The van der Waals surface area contributed by atoms with Gasteiger partial charge in [-0.25, -0.2) is 0 Å². The predicted molar refractivity (Wildman–Crippen MR) is 117 cm³/mol. The molecule has 0 unspecified atom stereocenters. The average Bonchev–Trinajstić information content (AvgIpc) is 2.72. The number of benzene rings is 2. The van der Waals surface area contributed by atoms with E-state index in [9.17, 15) is 20.2 Å². The third-order valence-corrected chi connectivity index (χ3v) is 5.81. The largest absolute Gasteiger partial charge is 0.384 e. The molecule has 1 aliphatic carbocycles. The maximum atomic E-state index is 13.4. The van der Waals surface area contributed by atoms with Crippen LogP contribution in [0, 0.1) is 26.9 Å². The quantitative estimate of drug-likeness (QED) is 0.583. The summed E-state index contributed by atoms with van der Waals surface area (Å²) in [6.45, 7) is 4.02. The lowest BCUT2D eigenvalue weighted by Crippen LogP contribution is -2.42. The fourth-order valence-electron chi connectivity index (χ4n) is 4.53. The van der Waals surface area contributed by atoms with Crippen LogP contribution in [0.1, 0.15) is 38.2 Å². The Kier molecular flexibility index (Phi) is 4.86. The second kappa shape index (κ2) is 7.40. The molecular formula is C24H22N4O3. The second-order valence-electron chi connectivity index (χ2n) is 8.67. The maximum Gasteiger partial charge on any atom is 0.271 e. The number of carbonyl (C=O) groups is 1. The number of nitro groups is 1. The highest BCUT2D eigenvalue weighted by Gasteiger charge is 2.44. The first kappa shape index (κ1) is 20.4. The first-order chi connectivity index (χ1) is 14.7. The van der Waals surface area contributed by atoms with Crippen molar-refractivity contribution in [3.63, 3.8) is 0 Å². The van der Waals surface area contributed by atoms with Gasteiger partial charge in [0.15, 0.2) is 5.78 Å². The molecule has 1 aliphatic heterocycles. The van der Waals surface area contributed by atoms with Crippen LogP contribution in [0.5, 0.6) is 0 Å². The molecule has 0 bridgehead atoms. The topological polar surface area (TPSA) is 113 Å². The summed E-state index contributed by atoms with van der Waals surface area (Å²) >= 11 is 0. The minimum Gasteiger partial charge on any atom is -0.384 e. The van der Waals surface area contributed by atoms with E-state index in [1.54, 1.807) is 17.0 Å². The van der Waals surface area contributed by atoms with E-state index < -0.39 is 10.8 Å². The van der Waals surface area contributed by atoms with Gasteiger partial charge in [0.05, 0.1) is 28.2 Å². The van der Waals surface area contributed by atoms with Gasteiger partial charge in [0, 0.05) is 29.8 Å². The molecule has 2 aromatic carbocycles. The number of nitro benzene ring substituents is 1. The number of nitrogens with zero attached hydrogens (tertiary/aromatic N) is 3. The van der Waals surface area contributed by atoms with Crippen molar-refractivity contribution in [2.24, 2.45) is 11.1 Å². The molecule has 0 aromatic heterocycles. The number of hydrogen-bond donors (Lipinski definition) is 1. The minimum absolute atomic E-state index is 0.0317. The molecule has 0 fully saturated rings. The van der Waals surface area contributed by atoms with Crippen LogP contribution in [0.4, 0.5) is 11.4 Å². The van der Waals surface area contributed by atoms with E-state index in [1.165, 1.54) is 12.1 Å². The van der Waals surface area contributed by atoms with Gasteiger partial charge >= 0.3 is 0 Å². The number of non-ortho nitro benzene ring substituents is 1. The van der Waals surface area contributed by atoms with Crippen LogP contribution in [0.25, 0.3) is 0 Å². The first-order valence-corrected chi connectivity index (χ1v) is 9.99. The fourth-order valence-corrected chi connectivity index (χ4v) is 4.53. The molecule has 2 N–H and O–H groups in total. The Morgan fingerprint density at radius 1 is 1.16 bits per heavy atom. The van der Waals surface area contributed by atoms with Crippen molar-refractivity contribution < 1.29 is 9.72 Å². The number of ketones is 1. The van der Waals surface area contributed by atoms with E-state index in [4.69, 9.17) is 5.73 Å². The fraction of sp³-hybridized carbons (Fsp3) is 0.250. The van der Waals surface area contributed by atoms with E-state index >= 15 is 0 Å². The molecule has 1 atom stereocenters. The van der Waals surface area contributed by atoms with Gasteiger partial charge in [-0.05, 0) is 23.5 Å². The number of nitrogens with two attached hydrogens (primary N) is 1. The zero-order valence-electron chi connectivity index (χ0n) is 17.3. The van der Waals surface area contributed by atoms with Crippen LogP contribution in [-0.4, -0.2) is 10.7 Å². The molecule has 0 saturated carbocycles. The maximum absolute atomic E-state index is 13.4. The smallest absolute Gasteiger partial charge is 0.271 e. The zero-order chi connectivity index (χ0) is 22.3. The summed E-state index contributed by atoms with van der Waals surface area (Å²) in [5.74, 6) is -0.392. The van der Waals surface area contributed by atoms with Gasteiger partial charge in [-0.3, -0.25) is 19.8 Å². The lowest BCUT2D eigenvalue weighted by Gasteiger charge is -2.43. The van der Waals surface area contributed by atoms with E-state index in [0.717, 1.165) is 5.56 Å². The predicted octanol–water partition coefficient (Wildman–Crippen LogP) is 4.54. The number of allylic oxidation sites excluding steroid dienone is 3. The average molecular weight is 414 g/mol. The molecule has 2 aliphatic rings. The third kappa shape index (κ3) is 3.46. The summed E-state index contributed by atoms with van der Waals surface area (Å²) in [5.41, 5.74) is 8.93. The van der Waals surface area contributed by atoms with Crippen molar-refractivity contribution in [1.29, 1.82) is 5.26 Å². The van der Waals surface area contributed by atoms with Crippen molar-refractivity contribution >= 4 is 17.2 Å². The van der Waals surface area contributed by atoms with Crippen molar-refractivity contribution in [3.05, 3.63) is 92.9 Å². The zero-order valence-corrected chi connectivity index (χ0v) is 17.3. The summed E-state index contributed by atoms with van der Waals surface area (Å²) in [4.78, 5) is 25.9. The lowest BCUT2D eigenvalue weighted by molar-refractivity contribution is -0.384. The van der Waals surface area contributed by atoms with Crippen molar-refractivity contribution in [1.82, 2.24) is 0 Å². The van der Waals surface area contributed by atoms with E-state index in [1.807, 2.05) is 44.2 Å². The summed E-state index contributed by atoms with van der Waals surface area (Å²) < 4.78 is 0. The molecule has 156 valence electrons. The molecular weight excluding hydrogens is 392 g/mol. The monoisotopic (exact) mass is 414 g/mol. The number of Topliss-reactive ketones (excluding diaryl/α,β-unsaturated/α-hetero) is 1. The first-order valence-electron chi connectivity index (χ1n) is 9.99. The minimum atomic E-state index is -0.556. The number of hydrogen-bond acceptors (Lipinski definition) is 6. The Morgan fingerprint density at radius 2 is 1.87 bits per heavy atom. The summed E-state index contributed by atoms with van der Waals surface area (Å²) in [7, 11) is 0. The van der Waals surface area contributed by atoms with Crippen LogP contribution in [0.2, 0.25) is 0 Å². The summed E-state index contributed by atoms with van der Waals surface area (Å²) in [6, 6.07) is 17.7. The second-order valence-corrected chi connectivity index (χ2v) is 8.67. The number of anilines is 1. The summed E-state index contributed by atoms with van der Waals surface area (Å²) in [5, 5.41) is 21.4. The van der Waals surface area contributed by atoms with Gasteiger partial charge in [-0.2, -0.15) is 5.26 Å². The van der Waals surface area contributed by atoms with E-state index in [2.05, 4.69) is 6.07 Å². The molecule has 0 saturated heterocycles. The standard InChI is InChI=1S/C24H22N4O3/c1-24(2)12-19-22(20(29)13-24)21(15-7-4-3-5-8-15)18(14-25)23(26)27(19)16-9-6-10-17(11-16)28(30)31/h3-11,21H,12-13,26H2,1-2H3/t21-/m1/s1. The Balaban J connectivity index is 2.00. The SMILES string of the molecule is CC1(C)CC(=O)C2=C(C1)N(c1cccc([N+](=O)[O-])c1)C(N)=C(C#N)[C@H]2c1ccccc1. The van der Waals surface area contributed by atoms with Crippen LogP contribution in [0.3, 0.4) is 0 Å². The lowest BCUT2D eigenvalue weighted by atomic mass is 9.68. The highest BCUT2D eigenvalue weighted by molar-refractivity contribution is 6.01. The molecule has 7 nitrogen and oxygen atoms in total. The van der Waals surface area contributed by atoms with E-state index in [-0.39, 0.29) is 28.3 Å². The van der Waals surface area contributed by atoms with Crippen molar-refractivity contribution in [3.8, 4) is 6.07 Å². The summed E-state index contributed by atoms with van der Waals surface area (Å²) in [6.07, 6.45) is 0.913. The van der Waals surface area contributed by atoms with E-state index in [0.29, 0.717) is 29.8 Å².